The molecule has 0 aliphatic heterocycles. The fourth-order valence-corrected chi connectivity index (χ4v) is 4.88. The minimum atomic E-state index is 0.202. The summed E-state index contributed by atoms with van der Waals surface area (Å²) in [6.07, 6.45) is 5.14. The van der Waals surface area contributed by atoms with Crippen LogP contribution in [0.1, 0.15) is 56.0 Å². The van der Waals surface area contributed by atoms with Crippen molar-refractivity contribution in [2.45, 2.75) is 58.0 Å². The number of likely N-dealkylation sites (N-methyl/N-ethyl adjacent to an activating group) is 1. The van der Waals surface area contributed by atoms with E-state index in [-0.39, 0.29) is 11.6 Å². The summed E-state index contributed by atoms with van der Waals surface area (Å²) in [5.74, 6) is 5.98. The van der Waals surface area contributed by atoms with Crippen molar-refractivity contribution >= 4 is 11.3 Å². The van der Waals surface area contributed by atoms with Crippen molar-refractivity contribution in [3.05, 3.63) is 21.9 Å². The van der Waals surface area contributed by atoms with Crippen molar-refractivity contribution < 1.29 is 0 Å². The van der Waals surface area contributed by atoms with E-state index in [0.29, 0.717) is 0 Å². The highest BCUT2D eigenvalue weighted by Gasteiger charge is 2.46. The minimum Gasteiger partial charge on any atom is -0.296 e. The normalized spacial score (nSPS) is 20.1. The first kappa shape index (κ1) is 15.0. The third kappa shape index (κ3) is 2.59. The van der Waals surface area contributed by atoms with Gasteiger partial charge in [-0.15, -0.1) is 11.3 Å². The zero-order chi connectivity index (χ0) is 13.9. The SMILES string of the molecule is CCN(CC)C1(C(NN)c2sccc2C)CCCC1. The summed E-state index contributed by atoms with van der Waals surface area (Å²) in [7, 11) is 0. The van der Waals surface area contributed by atoms with Gasteiger partial charge >= 0.3 is 0 Å². The molecule has 3 N–H and O–H groups in total. The number of hydrogen-bond donors (Lipinski definition) is 2. The molecule has 0 spiro atoms. The van der Waals surface area contributed by atoms with Crippen molar-refractivity contribution in [1.82, 2.24) is 10.3 Å². The highest BCUT2D eigenvalue weighted by Crippen LogP contribution is 2.45. The maximum atomic E-state index is 5.98. The van der Waals surface area contributed by atoms with Gasteiger partial charge in [-0.3, -0.25) is 16.2 Å². The highest BCUT2D eigenvalue weighted by molar-refractivity contribution is 7.10. The summed E-state index contributed by atoms with van der Waals surface area (Å²) < 4.78 is 0. The summed E-state index contributed by atoms with van der Waals surface area (Å²) in [6.45, 7) is 8.91. The molecular formula is C15H27N3S. The van der Waals surface area contributed by atoms with E-state index in [4.69, 9.17) is 5.84 Å². The molecule has 1 saturated carbocycles. The van der Waals surface area contributed by atoms with Crippen LogP contribution in [-0.2, 0) is 0 Å². The standard InChI is InChI=1S/C15H27N3S/c1-4-18(5-2)15(9-6-7-10-15)14(17-16)13-12(3)8-11-19-13/h8,11,14,17H,4-7,9-10,16H2,1-3H3. The van der Waals surface area contributed by atoms with Gasteiger partial charge in [-0.1, -0.05) is 26.7 Å². The van der Waals surface area contributed by atoms with Crippen LogP contribution in [0.2, 0.25) is 0 Å². The molecule has 0 bridgehead atoms. The Kier molecular flexibility index (Phi) is 5.01. The zero-order valence-corrected chi connectivity index (χ0v) is 13.2. The largest absolute Gasteiger partial charge is 0.296 e. The number of rotatable bonds is 6. The van der Waals surface area contributed by atoms with E-state index in [1.54, 1.807) is 0 Å². The quantitative estimate of drug-likeness (QED) is 0.621. The molecule has 3 nitrogen and oxygen atoms in total. The van der Waals surface area contributed by atoms with E-state index >= 15 is 0 Å². The van der Waals surface area contributed by atoms with E-state index in [9.17, 15) is 0 Å². The van der Waals surface area contributed by atoms with Gasteiger partial charge in [-0.2, -0.15) is 0 Å². The number of hydrogen-bond acceptors (Lipinski definition) is 4. The number of nitrogens with one attached hydrogen (secondary N) is 1. The second kappa shape index (κ2) is 6.35. The molecule has 1 heterocycles. The molecule has 1 aromatic rings. The van der Waals surface area contributed by atoms with Gasteiger partial charge in [0.05, 0.1) is 6.04 Å². The van der Waals surface area contributed by atoms with E-state index in [0.717, 1.165) is 13.1 Å². The number of hydrazine groups is 1. The van der Waals surface area contributed by atoms with Crippen LogP contribution >= 0.6 is 11.3 Å². The van der Waals surface area contributed by atoms with E-state index in [1.165, 1.54) is 36.1 Å². The third-order valence-corrected chi connectivity index (χ3v) is 5.81. The lowest BCUT2D eigenvalue weighted by atomic mass is 9.84. The number of nitrogens with two attached hydrogens (primary N) is 1. The molecule has 1 aromatic heterocycles. The molecular weight excluding hydrogens is 254 g/mol. The van der Waals surface area contributed by atoms with Crippen LogP contribution in [0.4, 0.5) is 0 Å². The van der Waals surface area contributed by atoms with Crippen molar-refractivity contribution in [2.24, 2.45) is 5.84 Å². The van der Waals surface area contributed by atoms with Gasteiger partial charge in [-0.05, 0) is 49.9 Å². The molecule has 1 aliphatic rings. The smallest absolute Gasteiger partial charge is 0.0739 e. The molecule has 19 heavy (non-hydrogen) atoms. The average Bonchev–Trinajstić information content (AvgIpc) is 3.04. The fourth-order valence-electron chi connectivity index (χ4n) is 3.78. The summed E-state index contributed by atoms with van der Waals surface area (Å²) in [6, 6.07) is 2.46. The van der Waals surface area contributed by atoms with E-state index < -0.39 is 0 Å². The lowest BCUT2D eigenvalue weighted by Crippen LogP contribution is -2.56. The summed E-state index contributed by atoms with van der Waals surface area (Å²) in [5, 5.41) is 2.18. The summed E-state index contributed by atoms with van der Waals surface area (Å²) >= 11 is 1.84. The molecule has 1 aliphatic carbocycles. The Balaban J connectivity index is 2.39. The lowest BCUT2D eigenvalue weighted by molar-refractivity contribution is 0.0637. The number of thiophene rings is 1. The molecule has 108 valence electrons. The monoisotopic (exact) mass is 281 g/mol. The van der Waals surface area contributed by atoms with Gasteiger partial charge in [-0.25, -0.2) is 0 Å². The van der Waals surface area contributed by atoms with Gasteiger partial charge in [0.2, 0.25) is 0 Å². The Labute approximate surface area is 121 Å². The Morgan fingerprint density at radius 3 is 2.42 bits per heavy atom. The fraction of sp³-hybridized carbons (Fsp3) is 0.733. The van der Waals surface area contributed by atoms with Crippen LogP contribution in [0.25, 0.3) is 0 Å². The van der Waals surface area contributed by atoms with Crippen LogP contribution in [0.3, 0.4) is 0 Å². The van der Waals surface area contributed by atoms with E-state index in [1.807, 2.05) is 11.3 Å². The van der Waals surface area contributed by atoms with Crippen molar-refractivity contribution in [3.8, 4) is 0 Å². The van der Waals surface area contributed by atoms with Gasteiger partial charge in [0.15, 0.2) is 0 Å². The Bertz CT molecular complexity index is 392. The lowest BCUT2D eigenvalue weighted by Gasteiger charge is -2.46. The Morgan fingerprint density at radius 1 is 1.37 bits per heavy atom. The Morgan fingerprint density at radius 2 is 2.00 bits per heavy atom. The van der Waals surface area contributed by atoms with E-state index in [2.05, 4.69) is 42.5 Å². The topological polar surface area (TPSA) is 41.3 Å². The first-order chi connectivity index (χ1) is 9.19. The molecule has 0 aromatic carbocycles. The number of aryl methyl sites for hydroxylation is 1. The van der Waals surface area contributed by atoms with Crippen LogP contribution in [0.15, 0.2) is 11.4 Å². The van der Waals surface area contributed by atoms with Crippen LogP contribution in [0.5, 0.6) is 0 Å². The molecule has 1 unspecified atom stereocenters. The molecule has 0 radical (unpaired) electrons. The van der Waals surface area contributed by atoms with Crippen molar-refractivity contribution in [3.63, 3.8) is 0 Å². The molecule has 1 fully saturated rings. The molecule has 1 atom stereocenters. The molecule has 0 saturated heterocycles. The van der Waals surface area contributed by atoms with Gasteiger partial charge < -0.3 is 0 Å². The molecule has 4 heteroatoms. The average molecular weight is 281 g/mol. The maximum absolute atomic E-state index is 5.98. The highest BCUT2D eigenvalue weighted by atomic mass is 32.1. The van der Waals surface area contributed by atoms with Gasteiger partial charge in [0.1, 0.15) is 0 Å². The van der Waals surface area contributed by atoms with Gasteiger partial charge in [0, 0.05) is 10.4 Å². The molecule has 0 amide bonds. The number of nitrogens with zero attached hydrogens (tertiary/aromatic N) is 1. The Hall–Kier alpha value is -0.420. The predicted octanol–water partition coefficient (Wildman–Crippen LogP) is 3.22. The maximum Gasteiger partial charge on any atom is 0.0739 e. The second-order valence-electron chi connectivity index (χ2n) is 5.55. The van der Waals surface area contributed by atoms with Gasteiger partial charge in [0.25, 0.3) is 0 Å². The first-order valence-corrected chi connectivity index (χ1v) is 8.32. The summed E-state index contributed by atoms with van der Waals surface area (Å²) in [4.78, 5) is 4.03. The van der Waals surface area contributed by atoms with Crippen molar-refractivity contribution in [2.75, 3.05) is 13.1 Å². The molecule has 2 rings (SSSR count). The third-order valence-electron chi connectivity index (χ3n) is 4.73. The van der Waals surface area contributed by atoms with Crippen molar-refractivity contribution in [1.29, 1.82) is 0 Å². The first-order valence-electron chi connectivity index (χ1n) is 7.44. The predicted molar refractivity (Wildman–Crippen MR) is 83.2 cm³/mol. The van der Waals surface area contributed by atoms with Crippen LogP contribution in [-0.4, -0.2) is 23.5 Å². The van der Waals surface area contributed by atoms with Crippen LogP contribution in [0, 0.1) is 6.92 Å². The zero-order valence-electron chi connectivity index (χ0n) is 12.4. The second-order valence-corrected chi connectivity index (χ2v) is 6.50. The minimum absolute atomic E-state index is 0.202. The van der Waals surface area contributed by atoms with Crippen LogP contribution < -0.4 is 11.3 Å². The summed E-state index contributed by atoms with van der Waals surface area (Å²) in [5.41, 5.74) is 4.72.